The van der Waals surface area contributed by atoms with Gasteiger partial charge >= 0.3 is 0 Å². The number of anilines is 1. The molecule has 3 rings (SSSR count). The van der Waals surface area contributed by atoms with E-state index in [4.69, 9.17) is 16.3 Å². The summed E-state index contributed by atoms with van der Waals surface area (Å²) in [7, 11) is -2.29. The summed E-state index contributed by atoms with van der Waals surface area (Å²) in [6, 6.07) is 7.60. The third kappa shape index (κ3) is 4.40. The summed E-state index contributed by atoms with van der Waals surface area (Å²) in [5.74, 6) is -0.169. The first kappa shape index (κ1) is 19.6. The number of aromatic nitrogens is 1. The van der Waals surface area contributed by atoms with Crippen LogP contribution in [0, 0.1) is 0 Å². The van der Waals surface area contributed by atoms with Gasteiger partial charge in [0.15, 0.2) is 0 Å². The Hall–Kier alpha value is -2.16. The number of rotatable bonds is 5. The molecule has 0 radical (unpaired) electrons. The topological polar surface area (TPSA) is 88.6 Å². The minimum atomic E-state index is -3.71. The molecule has 1 aromatic carbocycles. The summed E-state index contributed by atoms with van der Waals surface area (Å²) in [4.78, 5) is 16.3. The minimum absolute atomic E-state index is 0.0407. The first-order valence-electron chi connectivity index (χ1n) is 8.53. The van der Waals surface area contributed by atoms with Crippen molar-refractivity contribution < 1.29 is 17.9 Å². The van der Waals surface area contributed by atoms with Crippen molar-refractivity contribution in [2.45, 2.75) is 24.2 Å². The third-order valence-corrected chi connectivity index (χ3v) is 6.49. The van der Waals surface area contributed by atoms with Crippen LogP contribution >= 0.6 is 11.6 Å². The van der Waals surface area contributed by atoms with E-state index in [0.29, 0.717) is 24.3 Å². The fourth-order valence-electron chi connectivity index (χ4n) is 2.91. The van der Waals surface area contributed by atoms with Crippen LogP contribution in [0.1, 0.15) is 29.6 Å². The number of halogens is 1. The third-order valence-electron chi connectivity index (χ3n) is 4.34. The zero-order valence-electron chi connectivity index (χ0n) is 14.8. The number of nitrogens with zero attached hydrogens (tertiary/aromatic N) is 2. The van der Waals surface area contributed by atoms with Gasteiger partial charge in [0.2, 0.25) is 10.0 Å². The lowest BCUT2D eigenvalue weighted by atomic mass is 10.2. The molecule has 1 amide bonds. The van der Waals surface area contributed by atoms with E-state index in [1.165, 1.54) is 35.8 Å². The minimum Gasteiger partial charge on any atom is -0.495 e. The van der Waals surface area contributed by atoms with Crippen LogP contribution in [0.15, 0.2) is 41.4 Å². The second-order valence-electron chi connectivity index (χ2n) is 6.15. The molecule has 1 aliphatic rings. The van der Waals surface area contributed by atoms with Crippen molar-refractivity contribution in [3.63, 3.8) is 0 Å². The van der Waals surface area contributed by atoms with Crippen molar-refractivity contribution >= 4 is 33.2 Å². The van der Waals surface area contributed by atoms with Crippen molar-refractivity contribution in [2.75, 3.05) is 25.5 Å². The molecule has 0 unspecified atom stereocenters. The van der Waals surface area contributed by atoms with Crippen molar-refractivity contribution in [1.29, 1.82) is 0 Å². The Kier molecular flexibility index (Phi) is 5.98. The van der Waals surface area contributed by atoms with Crippen LogP contribution in [0.25, 0.3) is 0 Å². The van der Waals surface area contributed by atoms with E-state index < -0.39 is 15.9 Å². The molecule has 27 heavy (non-hydrogen) atoms. The van der Waals surface area contributed by atoms with Gasteiger partial charge in [0.05, 0.1) is 12.7 Å². The summed E-state index contributed by atoms with van der Waals surface area (Å²) in [5, 5.41) is 2.97. The maximum absolute atomic E-state index is 13.0. The van der Waals surface area contributed by atoms with E-state index in [0.717, 1.165) is 19.3 Å². The molecule has 1 aliphatic heterocycles. The number of carbonyl (C=O) groups is 1. The molecule has 2 aromatic rings. The van der Waals surface area contributed by atoms with Gasteiger partial charge in [0.1, 0.15) is 15.8 Å². The lowest BCUT2D eigenvalue weighted by Gasteiger charge is -2.26. The fourth-order valence-corrected chi connectivity index (χ4v) is 4.72. The monoisotopic (exact) mass is 409 g/mol. The van der Waals surface area contributed by atoms with E-state index in [-0.39, 0.29) is 15.8 Å². The van der Waals surface area contributed by atoms with Gasteiger partial charge in [-0.3, -0.25) is 4.79 Å². The van der Waals surface area contributed by atoms with Crippen molar-refractivity contribution in [3.05, 3.63) is 47.2 Å². The lowest BCUT2D eigenvalue weighted by Crippen LogP contribution is -2.35. The highest BCUT2D eigenvalue weighted by Gasteiger charge is 2.29. The van der Waals surface area contributed by atoms with Crippen LogP contribution in [-0.2, 0) is 10.0 Å². The van der Waals surface area contributed by atoms with Gasteiger partial charge in [0, 0.05) is 25.0 Å². The Labute approximate surface area is 163 Å². The number of hydrogen-bond donors (Lipinski definition) is 1. The first-order chi connectivity index (χ1) is 12.9. The number of nitrogens with one attached hydrogen (secondary N) is 1. The SMILES string of the molecule is COc1ccc(NC(=O)c2ccc(Cl)nc2)cc1S(=O)(=O)N1CCCCC1. The number of carbonyl (C=O) groups excluding carboxylic acids is 1. The standard InChI is InChI=1S/C18H20ClN3O4S/c1-26-15-7-6-14(21-18(23)13-5-8-17(19)20-12-13)11-16(15)27(24,25)22-9-3-2-4-10-22/h5-8,11-12H,2-4,9-10H2,1H3,(H,21,23). The Morgan fingerprint density at radius 2 is 1.93 bits per heavy atom. The molecule has 1 N–H and O–H groups in total. The molecule has 1 aromatic heterocycles. The summed E-state index contributed by atoms with van der Waals surface area (Å²) in [6.45, 7) is 0.969. The summed E-state index contributed by atoms with van der Waals surface area (Å²) in [5.41, 5.74) is 0.669. The molecule has 0 aliphatic carbocycles. The fraction of sp³-hybridized carbons (Fsp3) is 0.333. The molecule has 1 saturated heterocycles. The van der Waals surface area contributed by atoms with Crippen molar-refractivity contribution in [3.8, 4) is 5.75 Å². The van der Waals surface area contributed by atoms with E-state index in [2.05, 4.69) is 10.3 Å². The Bertz CT molecular complexity index is 926. The Morgan fingerprint density at radius 1 is 1.19 bits per heavy atom. The second-order valence-corrected chi connectivity index (χ2v) is 8.45. The van der Waals surface area contributed by atoms with Gasteiger partial charge in [-0.05, 0) is 43.2 Å². The van der Waals surface area contributed by atoms with Gasteiger partial charge in [-0.15, -0.1) is 0 Å². The van der Waals surface area contributed by atoms with Gasteiger partial charge in [-0.1, -0.05) is 18.0 Å². The van der Waals surface area contributed by atoms with Gasteiger partial charge in [-0.25, -0.2) is 13.4 Å². The Morgan fingerprint density at radius 3 is 2.56 bits per heavy atom. The zero-order valence-corrected chi connectivity index (χ0v) is 16.4. The highest BCUT2D eigenvalue weighted by molar-refractivity contribution is 7.89. The van der Waals surface area contributed by atoms with Gasteiger partial charge in [-0.2, -0.15) is 4.31 Å². The smallest absolute Gasteiger partial charge is 0.257 e. The second kappa shape index (κ2) is 8.24. The predicted octanol–water partition coefficient (Wildman–Crippen LogP) is 3.17. The molecular formula is C18H20ClN3O4S. The van der Waals surface area contributed by atoms with E-state index >= 15 is 0 Å². The average molecular weight is 410 g/mol. The average Bonchev–Trinajstić information content (AvgIpc) is 2.69. The normalized spacial score (nSPS) is 15.3. The molecule has 9 heteroatoms. The van der Waals surface area contributed by atoms with E-state index in [1.807, 2.05) is 0 Å². The van der Waals surface area contributed by atoms with Gasteiger partial charge < -0.3 is 10.1 Å². The van der Waals surface area contributed by atoms with Crippen molar-refractivity contribution in [1.82, 2.24) is 9.29 Å². The number of methoxy groups -OCH3 is 1. The molecule has 0 saturated carbocycles. The highest BCUT2D eigenvalue weighted by atomic mass is 35.5. The highest BCUT2D eigenvalue weighted by Crippen LogP contribution is 2.31. The van der Waals surface area contributed by atoms with Crippen LogP contribution in [0.2, 0.25) is 5.15 Å². The largest absolute Gasteiger partial charge is 0.495 e. The number of hydrogen-bond acceptors (Lipinski definition) is 5. The molecule has 2 heterocycles. The lowest BCUT2D eigenvalue weighted by molar-refractivity contribution is 0.102. The molecule has 0 bridgehead atoms. The van der Waals surface area contributed by atoms with E-state index in [9.17, 15) is 13.2 Å². The van der Waals surface area contributed by atoms with Crippen LogP contribution in [0.5, 0.6) is 5.75 Å². The number of pyridine rings is 1. The number of sulfonamides is 1. The van der Waals surface area contributed by atoms with Crippen LogP contribution in [0.3, 0.4) is 0 Å². The molecule has 1 fully saturated rings. The summed E-state index contributed by atoms with van der Waals surface area (Å²) < 4.78 is 32.7. The van der Waals surface area contributed by atoms with Crippen LogP contribution in [-0.4, -0.2) is 43.8 Å². The molecule has 0 spiro atoms. The summed E-state index contributed by atoms with van der Waals surface area (Å²) in [6.07, 6.45) is 4.05. The molecule has 7 nitrogen and oxygen atoms in total. The van der Waals surface area contributed by atoms with Crippen LogP contribution < -0.4 is 10.1 Å². The quantitative estimate of drug-likeness (QED) is 0.766. The molecule has 144 valence electrons. The maximum Gasteiger partial charge on any atom is 0.257 e. The number of amides is 1. The number of piperidine rings is 1. The van der Waals surface area contributed by atoms with Gasteiger partial charge in [0.25, 0.3) is 5.91 Å². The molecule has 0 atom stereocenters. The Balaban J connectivity index is 1.89. The molecular weight excluding hydrogens is 390 g/mol. The van der Waals surface area contributed by atoms with E-state index in [1.54, 1.807) is 12.1 Å². The summed E-state index contributed by atoms with van der Waals surface area (Å²) >= 11 is 5.73. The number of ether oxygens (including phenoxy) is 1. The van der Waals surface area contributed by atoms with Crippen LogP contribution in [0.4, 0.5) is 5.69 Å². The zero-order chi connectivity index (χ0) is 19.4. The van der Waals surface area contributed by atoms with Crippen molar-refractivity contribution in [2.24, 2.45) is 0 Å². The maximum atomic E-state index is 13.0. The predicted molar refractivity (Wildman–Crippen MR) is 103 cm³/mol. The first-order valence-corrected chi connectivity index (χ1v) is 10.3. The number of benzene rings is 1.